The van der Waals surface area contributed by atoms with Gasteiger partial charge in [0.1, 0.15) is 0 Å². The highest BCUT2D eigenvalue weighted by Gasteiger charge is 2.27. The van der Waals surface area contributed by atoms with Gasteiger partial charge >= 0.3 is 0 Å². The van der Waals surface area contributed by atoms with E-state index in [2.05, 4.69) is 19.6 Å². The number of rotatable bonds is 3. The van der Waals surface area contributed by atoms with E-state index in [9.17, 15) is 4.79 Å². The molecule has 1 rings (SSSR count). The topological polar surface area (TPSA) is 20.3 Å². The fraction of sp³-hybridized carbons (Fsp3) is 0.909. The summed E-state index contributed by atoms with van der Waals surface area (Å²) in [5.74, 6) is 1.57. The molecule has 0 heterocycles. The summed E-state index contributed by atoms with van der Waals surface area (Å²) in [6.45, 7) is 2.26. The molecule has 1 amide bonds. The number of thiol groups is 1. The maximum absolute atomic E-state index is 11.7. The third-order valence-electron chi connectivity index (χ3n) is 3.28. The Morgan fingerprint density at radius 2 is 2.07 bits per heavy atom. The number of hydrogen-bond donors (Lipinski definition) is 1. The van der Waals surface area contributed by atoms with Gasteiger partial charge in [0.15, 0.2) is 0 Å². The maximum Gasteiger partial charge on any atom is 0.223 e. The molecule has 0 radical (unpaired) electrons. The van der Waals surface area contributed by atoms with Gasteiger partial charge in [0.05, 0.1) is 0 Å². The first-order chi connectivity index (χ1) is 6.66. The van der Waals surface area contributed by atoms with Crippen molar-refractivity contribution in [3.05, 3.63) is 0 Å². The second kappa shape index (κ2) is 5.64. The van der Waals surface area contributed by atoms with Crippen LogP contribution >= 0.6 is 12.6 Å². The zero-order chi connectivity index (χ0) is 10.6. The van der Waals surface area contributed by atoms with Crippen LogP contribution < -0.4 is 0 Å². The number of carbonyl (C=O) groups is 1. The van der Waals surface area contributed by atoms with Crippen LogP contribution in [0.3, 0.4) is 0 Å². The van der Waals surface area contributed by atoms with Crippen LogP contribution in [0.15, 0.2) is 0 Å². The van der Waals surface area contributed by atoms with Crippen molar-refractivity contribution in [3.8, 4) is 0 Å². The van der Waals surface area contributed by atoms with E-state index in [1.54, 1.807) is 0 Å². The van der Waals surface area contributed by atoms with Gasteiger partial charge in [-0.15, -0.1) is 0 Å². The monoisotopic (exact) mass is 215 g/mol. The van der Waals surface area contributed by atoms with Crippen LogP contribution in [-0.4, -0.2) is 29.6 Å². The van der Waals surface area contributed by atoms with Gasteiger partial charge in [-0.2, -0.15) is 12.6 Å². The normalized spacial score (nSPS) is 27.4. The zero-order valence-corrected chi connectivity index (χ0v) is 10.1. The molecule has 0 aromatic rings. The summed E-state index contributed by atoms with van der Waals surface area (Å²) < 4.78 is 0. The summed E-state index contributed by atoms with van der Waals surface area (Å²) in [5, 5.41) is 0. The summed E-state index contributed by atoms with van der Waals surface area (Å²) in [6, 6.07) is 0.469. The molecule has 2 unspecified atom stereocenters. The molecule has 3 heteroatoms. The summed E-state index contributed by atoms with van der Waals surface area (Å²) in [6.07, 6.45) is 5.61. The first-order valence-electron chi connectivity index (χ1n) is 5.53. The SMILES string of the molecule is CC1CCCCC1N(C)C(=O)CCS. The Morgan fingerprint density at radius 1 is 1.43 bits per heavy atom. The van der Waals surface area contributed by atoms with Crippen LogP contribution in [0, 0.1) is 5.92 Å². The molecule has 82 valence electrons. The molecule has 2 atom stereocenters. The Kier molecular flexibility index (Phi) is 4.79. The van der Waals surface area contributed by atoms with E-state index in [0.29, 0.717) is 24.1 Å². The lowest BCUT2D eigenvalue weighted by atomic mass is 9.85. The molecule has 0 saturated heterocycles. The Balaban J connectivity index is 2.48. The van der Waals surface area contributed by atoms with E-state index < -0.39 is 0 Å². The summed E-state index contributed by atoms with van der Waals surface area (Å²) in [5.41, 5.74) is 0. The first-order valence-corrected chi connectivity index (χ1v) is 6.16. The molecule has 0 spiro atoms. The molecule has 14 heavy (non-hydrogen) atoms. The average molecular weight is 215 g/mol. The lowest BCUT2D eigenvalue weighted by Gasteiger charge is -2.36. The zero-order valence-electron chi connectivity index (χ0n) is 9.20. The molecular weight excluding hydrogens is 194 g/mol. The molecule has 0 aliphatic heterocycles. The molecule has 0 aromatic heterocycles. The summed E-state index contributed by atoms with van der Waals surface area (Å²) in [4.78, 5) is 13.6. The molecule has 0 aromatic carbocycles. The largest absolute Gasteiger partial charge is 0.342 e. The second-order valence-electron chi connectivity index (χ2n) is 4.31. The molecule has 1 saturated carbocycles. The highest BCUT2D eigenvalue weighted by molar-refractivity contribution is 7.80. The minimum atomic E-state index is 0.249. The molecule has 1 aliphatic carbocycles. The lowest BCUT2D eigenvalue weighted by molar-refractivity contribution is -0.133. The Morgan fingerprint density at radius 3 is 2.64 bits per heavy atom. The van der Waals surface area contributed by atoms with Crippen molar-refractivity contribution in [1.82, 2.24) is 4.90 Å². The van der Waals surface area contributed by atoms with Crippen molar-refractivity contribution >= 4 is 18.5 Å². The molecule has 2 nitrogen and oxygen atoms in total. The van der Waals surface area contributed by atoms with E-state index in [4.69, 9.17) is 0 Å². The van der Waals surface area contributed by atoms with Gasteiger partial charge in [0.25, 0.3) is 0 Å². The number of carbonyl (C=O) groups excluding carboxylic acids is 1. The third-order valence-corrected chi connectivity index (χ3v) is 3.51. The molecule has 1 aliphatic rings. The fourth-order valence-electron chi connectivity index (χ4n) is 2.33. The number of nitrogens with zero attached hydrogens (tertiary/aromatic N) is 1. The number of amides is 1. The van der Waals surface area contributed by atoms with Crippen molar-refractivity contribution in [3.63, 3.8) is 0 Å². The van der Waals surface area contributed by atoms with Crippen molar-refractivity contribution in [2.75, 3.05) is 12.8 Å². The van der Waals surface area contributed by atoms with E-state index in [-0.39, 0.29) is 5.91 Å². The lowest BCUT2D eigenvalue weighted by Crippen LogP contribution is -2.42. The molecule has 0 bridgehead atoms. The quantitative estimate of drug-likeness (QED) is 0.717. The highest BCUT2D eigenvalue weighted by Crippen LogP contribution is 2.27. The van der Waals surface area contributed by atoms with E-state index in [1.165, 1.54) is 25.7 Å². The number of hydrogen-bond acceptors (Lipinski definition) is 2. The van der Waals surface area contributed by atoms with E-state index in [1.807, 2.05) is 11.9 Å². The van der Waals surface area contributed by atoms with Crippen LogP contribution in [0.1, 0.15) is 39.0 Å². The van der Waals surface area contributed by atoms with Crippen molar-refractivity contribution in [2.45, 2.75) is 45.1 Å². The van der Waals surface area contributed by atoms with Crippen LogP contribution in [0.25, 0.3) is 0 Å². The average Bonchev–Trinajstić information content (AvgIpc) is 2.18. The molecule has 0 N–H and O–H groups in total. The Hall–Kier alpha value is -0.180. The predicted octanol–water partition coefficient (Wildman–Crippen LogP) is 2.34. The van der Waals surface area contributed by atoms with Gasteiger partial charge < -0.3 is 4.90 Å². The maximum atomic E-state index is 11.7. The van der Waals surface area contributed by atoms with E-state index in [0.717, 1.165) is 0 Å². The van der Waals surface area contributed by atoms with Gasteiger partial charge in [-0.25, -0.2) is 0 Å². The van der Waals surface area contributed by atoms with Crippen LogP contribution in [0.2, 0.25) is 0 Å². The van der Waals surface area contributed by atoms with Crippen LogP contribution in [0.4, 0.5) is 0 Å². The van der Waals surface area contributed by atoms with Crippen molar-refractivity contribution < 1.29 is 4.79 Å². The van der Waals surface area contributed by atoms with E-state index >= 15 is 0 Å². The molecular formula is C11H21NOS. The Labute approximate surface area is 92.5 Å². The van der Waals surface area contributed by atoms with Gasteiger partial charge in [-0.1, -0.05) is 19.8 Å². The van der Waals surface area contributed by atoms with Gasteiger partial charge in [-0.3, -0.25) is 4.79 Å². The summed E-state index contributed by atoms with van der Waals surface area (Å²) in [7, 11) is 1.94. The standard InChI is InChI=1S/C11H21NOS/c1-9-5-3-4-6-10(9)12(2)11(13)7-8-14/h9-10,14H,3-8H2,1-2H3. The minimum absolute atomic E-state index is 0.249. The van der Waals surface area contributed by atoms with Crippen LogP contribution in [0.5, 0.6) is 0 Å². The minimum Gasteiger partial charge on any atom is -0.342 e. The van der Waals surface area contributed by atoms with Crippen LogP contribution in [-0.2, 0) is 4.79 Å². The first kappa shape index (κ1) is 11.9. The van der Waals surface area contributed by atoms with Crippen molar-refractivity contribution in [1.29, 1.82) is 0 Å². The van der Waals surface area contributed by atoms with Gasteiger partial charge in [-0.05, 0) is 24.5 Å². The highest BCUT2D eigenvalue weighted by atomic mass is 32.1. The smallest absolute Gasteiger partial charge is 0.223 e. The molecule has 1 fully saturated rings. The predicted molar refractivity (Wildman–Crippen MR) is 62.7 cm³/mol. The second-order valence-corrected chi connectivity index (χ2v) is 4.75. The Bertz CT molecular complexity index is 196. The van der Waals surface area contributed by atoms with Crippen molar-refractivity contribution in [2.24, 2.45) is 5.92 Å². The van der Waals surface area contributed by atoms with Gasteiger partial charge in [0.2, 0.25) is 5.91 Å². The van der Waals surface area contributed by atoms with Gasteiger partial charge in [0, 0.05) is 19.5 Å². The fourth-order valence-corrected chi connectivity index (χ4v) is 2.52. The third kappa shape index (κ3) is 2.91. The summed E-state index contributed by atoms with van der Waals surface area (Å²) >= 11 is 4.09.